The topological polar surface area (TPSA) is 3.24 Å². The van der Waals surface area contributed by atoms with Crippen LogP contribution in [0.3, 0.4) is 0 Å². The fraction of sp³-hybridized carbons (Fsp3) is 0.288. The van der Waals surface area contributed by atoms with Gasteiger partial charge in [-0.2, -0.15) is 0 Å². The number of anilines is 3. The van der Waals surface area contributed by atoms with Crippen LogP contribution in [0.5, 0.6) is 0 Å². The van der Waals surface area contributed by atoms with Crippen LogP contribution in [0.25, 0.3) is 33.4 Å². The van der Waals surface area contributed by atoms with Gasteiger partial charge in [0, 0.05) is 16.9 Å². The highest BCUT2D eigenvalue weighted by Gasteiger charge is 2.52. The third kappa shape index (κ3) is 5.72. The molecule has 0 radical (unpaired) electrons. The summed E-state index contributed by atoms with van der Waals surface area (Å²) in [6.45, 7) is 23.6. The number of benzene rings is 7. The Morgan fingerprint density at radius 2 is 0.817 bits per heavy atom. The zero-order valence-corrected chi connectivity index (χ0v) is 37.3. The molecule has 0 unspecified atom stereocenters. The maximum atomic E-state index is 2.59. The molecular formula is C59H59N. The first kappa shape index (κ1) is 38.5. The van der Waals surface area contributed by atoms with Crippen LogP contribution in [-0.2, 0) is 27.1 Å². The number of hydrogen-bond acceptors (Lipinski definition) is 1. The molecule has 0 aromatic heterocycles. The third-order valence-corrected chi connectivity index (χ3v) is 14.5. The molecule has 1 heteroatoms. The Bertz CT molecular complexity index is 2710. The van der Waals surface area contributed by atoms with Gasteiger partial charge in [-0.3, -0.25) is 0 Å². The largest absolute Gasteiger partial charge is 0.310 e. The molecule has 7 aromatic rings. The standard InChI is InChI=1S/C59H59N/c1-55(2,3)39-24-28-41(29-25-39)60(42-30-26-40(27-31-42)56(4,5)6)54-37-52-47(36-46(54)38-23-32-51-53(35-38)58(9,10)34-33-57(51,7)8)45-19-13-16-22-50(45)59(52)48-20-14-11-17-43(48)44-18-12-15-21-49(44)59/h11-32,35-37H,33-34H2,1-10H3. The monoisotopic (exact) mass is 781 g/mol. The molecule has 0 aliphatic heterocycles. The highest BCUT2D eigenvalue weighted by molar-refractivity contribution is 6.00. The third-order valence-electron chi connectivity index (χ3n) is 14.5. The highest BCUT2D eigenvalue weighted by atomic mass is 15.1. The summed E-state index contributed by atoms with van der Waals surface area (Å²) >= 11 is 0. The Morgan fingerprint density at radius 1 is 0.383 bits per heavy atom. The maximum Gasteiger partial charge on any atom is 0.0726 e. The normalized spacial score (nSPS) is 16.4. The second kappa shape index (κ2) is 13.2. The first-order valence-electron chi connectivity index (χ1n) is 22.1. The molecule has 0 saturated heterocycles. The van der Waals surface area contributed by atoms with Crippen molar-refractivity contribution in [3.63, 3.8) is 0 Å². The number of fused-ring (bicyclic) bond motifs is 11. The van der Waals surface area contributed by atoms with Crippen LogP contribution < -0.4 is 4.90 Å². The molecule has 3 aliphatic rings. The van der Waals surface area contributed by atoms with Gasteiger partial charge in [0.2, 0.25) is 0 Å². The van der Waals surface area contributed by atoms with E-state index >= 15 is 0 Å². The average molecular weight is 782 g/mol. The van der Waals surface area contributed by atoms with Crippen molar-refractivity contribution < 1.29 is 0 Å². The van der Waals surface area contributed by atoms with E-state index in [4.69, 9.17) is 0 Å². The number of rotatable bonds is 4. The molecule has 0 amide bonds. The molecule has 300 valence electrons. The first-order chi connectivity index (χ1) is 28.5. The first-order valence-corrected chi connectivity index (χ1v) is 22.1. The van der Waals surface area contributed by atoms with Crippen molar-refractivity contribution in [1.82, 2.24) is 0 Å². The van der Waals surface area contributed by atoms with Crippen molar-refractivity contribution in [2.45, 2.75) is 109 Å². The van der Waals surface area contributed by atoms with E-state index in [9.17, 15) is 0 Å². The smallest absolute Gasteiger partial charge is 0.0726 e. The van der Waals surface area contributed by atoms with Crippen molar-refractivity contribution in [1.29, 1.82) is 0 Å². The number of nitrogens with zero attached hydrogens (tertiary/aromatic N) is 1. The van der Waals surface area contributed by atoms with Crippen molar-refractivity contribution in [2.75, 3.05) is 4.90 Å². The lowest BCUT2D eigenvalue weighted by atomic mass is 9.63. The SMILES string of the molecule is CC(C)(C)c1ccc(N(c2ccc(C(C)(C)C)cc2)c2cc3c(cc2-c2ccc4c(c2)C(C)(C)CCC4(C)C)-c2ccccc2C32c3ccccc3-c3ccccc32)cc1. The van der Waals surface area contributed by atoms with Gasteiger partial charge in [-0.1, -0.05) is 184 Å². The number of hydrogen-bond donors (Lipinski definition) is 0. The van der Waals surface area contributed by atoms with Gasteiger partial charge in [0.15, 0.2) is 0 Å². The van der Waals surface area contributed by atoms with Crippen LogP contribution in [0.15, 0.2) is 152 Å². The summed E-state index contributed by atoms with van der Waals surface area (Å²) < 4.78 is 0. The van der Waals surface area contributed by atoms with E-state index in [2.05, 4.69) is 226 Å². The Balaban J connectivity index is 1.32. The van der Waals surface area contributed by atoms with E-state index in [0.717, 1.165) is 11.4 Å². The Hall–Kier alpha value is -5.66. The molecular weight excluding hydrogens is 723 g/mol. The molecule has 1 spiro atoms. The van der Waals surface area contributed by atoms with E-state index in [1.54, 1.807) is 0 Å². The predicted molar refractivity (Wildman–Crippen MR) is 256 cm³/mol. The van der Waals surface area contributed by atoms with E-state index in [-0.39, 0.29) is 21.7 Å². The van der Waals surface area contributed by atoms with Gasteiger partial charge in [0.05, 0.1) is 11.1 Å². The summed E-state index contributed by atoms with van der Waals surface area (Å²) in [5.74, 6) is 0. The van der Waals surface area contributed by atoms with E-state index in [0.29, 0.717) is 0 Å². The summed E-state index contributed by atoms with van der Waals surface area (Å²) in [4.78, 5) is 2.55. The van der Waals surface area contributed by atoms with Crippen molar-refractivity contribution in [3.8, 4) is 33.4 Å². The van der Waals surface area contributed by atoms with Crippen LogP contribution in [0.2, 0.25) is 0 Å². The Kier molecular flexibility index (Phi) is 8.46. The summed E-state index contributed by atoms with van der Waals surface area (Å²) in [6.07, 6.45) is 2.37. The van der Waals surface area contributed by atoms with Gasteiger partial charge < -0.3 is 4.90 Å². The van der Waals surface area contributed by atoms with Crippen molar-refractivity contribution >= 4 is 17.1 Å². The van der Waals surface area contributed by atoms with Gasteiger partial charge in [0.25, 0.3) is 0 Å². The predicted octanol–water partition coefficient (Wildman–Crippen LogP) is 16.1. The molecule has 10 rings (SSSR count). The Morgan fingerprint density at radius 3 is 1.28 bits per heavy atom. The molecule has 60 heavy (non-hydrogen) atoms. The second-order valence-electron chi connectivity index (χ2n) is 21.3. The maximum absolute atomic E-state index is 2.59. The molecule has 0 bridgehead atoms. The molecule has 7 aromatic carbocycles. The van der Waals surface area contributed by atoms with Crippen molar-refractivity contribution in [2.24, 2.45) is 0 Å². The molecule has 0 fully saturated rings. The quantitative estimate of drug-likeness (QED) is 0.172. The van der Waals surface area contributed by atoms with Crippen LogP contribution in [0, 0.1) is 0 Å². The zero-order valence-electron chi connectivity index (χ0n) is 37.3. The van der Waals surface area contributed by atoms with Crippen molar-refractivity contribution in [3.05, 3.63) is 196 Å². The summed E-state index contributed by atoms with van der Waals surface area (Å²) in [7, 11) is 0. The lowest BCUT2D eigenvalue weighted by molar-refractivity contribution is 0.332. The fourth-order valence-corrected chi connectivity index (χ4v) is 10.9. The zero-order chi connectivity index (χ0) is 42.0. The minimum Gasteiger partial charge on any atom is -0.310 e. The van der Waals surface area contributed by atoms with E-state index in [1.807, 2.05) is 0 Å². The van der Waals surface area contributed by atoms with Crippen LogP contribution in [0.4, 0.5) is 17.1 Å². The van der Waals surface area contributed by atoms with Crippen LogP contribution in [-0.4, -0.2) is 0 Å². The summed E-state index contributed by atoms with van der Waals surface area (Å²) in [6, 6.07) is 58.8. The average Bonchev–Trinajstić information content (AvgIpc) is 3.69. The second-order valence-corrected chi connectivity index (χ2v) is 21.3. The Labute approximate surface area is 359 Å². The van der Waals surface area contributed by atoms with Gasteiger partial charge in [-0.05, 0) is 143 Å². The van der Waals surface area contributed by atoms with Crippen LogP contribution in [0.1, 0.15) is 127 Å². The lowest BCUT2D eigenvalue weighted by Crippen LogP contribution is -2.33. The van der Waals surface area contributed by atoms with Gasteiger partial charge in [-0.15, -0.1) is 0 Å². The minimum atomic E-state index is -0.452. The fourth-order valence-electron chi connectivity index (χ4n) is 10.9. The summed E-state index contributed by atoms with van der Waals surface area (Å²) in [5.41, 5.74) is 22.2. The molecule has 1 nitrogen and oxygen atoms in total. The molecule has 3 aliphatic carbocycles. The van der Waals surface area contributed by atoms with Gasteiger partial charge in [0.1, 0.15) is 0 Å². The summed E-state index contributed by atoms with van der Waals surface area (Å²) in [5, 5.41) is 0. The van der Waals surface area contributed by atoms with Gasteiger partial charge >= 0.3 is 0 Å². The molecule has 0 atom stereocenters. The van der Waals surface area contributed by atoms with Crippen LogP contribution >= 0.6 is 0 Å². The van der Waals surface area contributed by atoms with Gasteiger partial charge in [-0.25, -0.2) is 0 Å². The minimum absolute atomic E-state index is 0.0432. The molecule has 0 saturated carbocycles. The molecule has 0 heterocycles. The highest BCUT2D eigenvalue weighted by Crippen LogP contribution is 2.64. The molecule has 0 N–H and O–H groups in total. The lowest BCUT2D eigenvalue weighted by Gasteiger charge is -2.42. The van der Waals surface area contributed by atoms with E-state index in [1.165, 1.54) is 96.4 Å². The van der Waals surface area contributed by atoms with E-state index < -0.39 is 5.41 Å².